The second-order valence-corrected chi connectivity index (χ2v) is 5.98. The Morgan fingerprint density at radius 3 is 2.78 bits per heavy atom. The number of benzene rings is 1. The summed E-state index contributed by atoms with van der Waals surface area (Å²) in [5.41, 5.74) is 0.447. The molecule has 0 saturated carbocycles. The lowest BCUT2D eigenvalue weighted by Crippen LogP contribution is -2.43. The van der Waals surface area contributed by atoms with E-state index in [4.69, 9.17) is 34.8 Å². The topological polar surface area (TPSA) is 20.3 Å². The van der Waals surface area contributed by atoms with Gasteiger partial charge in [0.15, 0.2) is 0 Å². The summed E-state index contributed by atoms with van der Waals surface area (Å²) in [4.78, 5) is 14.1. The number of hydrogen-bond donors (Lipinski definition) is 0. The smallest absolute Gasteiger partial charge is 0.255 e. The average Bonchev–Trinajstić information content (AvgIpc) is 2.35. The summed E-state index contributed by atoms with van der Waals surface area (Å²) in [6, 6.07) is 5.09. The van der Waals surface area contributed by atoms with Crippen molar-refractivity contribution in [3.8, 4) is 0 Å². The Morgan fingerprint density at radius 2 is 2.11 bits per heavy atom. The highest BCUT2D eigenvalue weighted by Gasteiger charge is 2.28. The Kier molecular flexibility index (Phi) is 4.41. The van der Waals surface area contributed by atoms with Gasteiger partial charge in [0, 0.05) is 13.1 Å². The first-order valence-corrected chi connectivity index (χ1v) is 7.07. The first-order chi connectivity index (χ1) is 8.50. The highest BCUT2D eigenvalue weighted by molar-refractivity contribution is 6.43. The third-order valence-electron chi connectivity index (χ3n) is 3.34. The molecule has 1 aliphatic heterocycles. The van der Waals surface area contributed by atoms with Crippen LogP contribution in [0.15, 0.2) is 18.2 Å². The van der Waals surface area contributed by atoms with Gasteiger partial charge in [0.1, 0.15) is 0 Å². The number of likely N-dealkylation sites (tertiary alicyclic amines) is 1. The molecule has 0 N–H and O–H groups in total. The Bertz CT molecular complexity index is 464. The lowest BCUT2D eigenvalue weighted by atomic mass is 9.98. The molecule has 1 amide bonds. The molecule has 1 fully saturated rings. The van der Waals surface area contributed by atoms with Gasteiger partial charge in [0.25, 0.3) is 5.91 Å². The van der Waals surface area contributed by atoms with E-state index in [0.717, 1.165) is 6.42 Å². The molecule has 18 heavy (non-hydrogen) atoms. The van der Waals surface area contributed by atoms with Crippen LogP contribution in [0.4, 0.5) is 0 Å². The molecule has 5 heteroatoms. The van der Waals surface area contributed by atoms with Gasteiger partial charge in [-0.2, -0.15) is 0 Å². The standard InChI is InChI=1S/C13H14Cl3NO/c1-8-5-6-17(7-11(8)15)13(18)9-3-2-4-10(14)12(9)16/h2-4,8,11H,5-7H2,1H3. The summed E-state index contributed by atoms with van der Waals surface area (Å²) in [6.07, 6.45) is 0.915. The van der Waals surface area contributed by atoms with Gasteiger partial charge in [-0.25, -0.2) is 0 Å². The van der Waals surface area contributed by atoms with Crippen molar-refractivity contribution in [1.29, 1.82) is 0 Å². The Morgan fingerprint density at radius 1 is 1.39 bits per heavy atom. The Hall–Kier alpha value is -0.440. The van der Waals surface area contributed by atoms with Gasteiger partial charge in [-0.05, 0) is 24.5 Å². The minimum Gasteiger partial charge on any atom is -0.337 e. The zero-order valence-corrected chi connectivity index (χ0v) is 12.3. The molecule has 2 unspecified atom stereocenters. The number of piperidine rings is 1. The molecule has 1 aromatic rings. The Balaban J connectivity index is 2.19. The van der Waals surface area contributed by atoms with Gasteiger partial charge in [-0.3, -0.25) is 4.79 Å². The van der Waals surface area contributed by atoms with Gasteiger partial charge in [-0.1, -0.05) is 36.2 Å². The first-order valence-electron chi connectivity index (χ1n) is 5.88. The molecule has 0 aromatic heterocycles. The lowest BCUT2D eigenvalue weighted by Gasteiger charge is -2.34. The third-order valence-corrected chi connectivity index (χ3v) is 4.72. The second-order valence-electron chi connectivity index (χ2n) is 4.63. The average molecular weight is 307 g/mol. The van der Waals surface area contributed by atoms with E-state index >= 15 is 0 Å². The first kappa shape index (κ1) is 14.0. The molecular formula is C13H14Cl3NO. The number of amides is 1. The molecule has 0 aliphatic carbocycles. The van der Waals surface area contributed by atoms with Crippen LogP contribution in [0.5, 0.6) is 0 Å². The normalized spacial score (nSPS) is 24.1. The van der Waals surface area contributed by atoms with Crippen LogP contribution in [0.3, 0.4) is 0 Å². The van der Waals surface area contributed by atoms with Crippen molar-refractivity contribution in [2.75, 3.05) is 13.1 Å². The second kappa shape index (κ2) is 5.68. The maximum absolute atomic E-state index is 12.3. The number of rotatable bonds is 1. The predicted octanol–water partition coefficient (Wildman–Crippen LogP) is 4.08. The number of carbonyl (C=O) groups excluding carboxylic acids is 1. The number of nitrogens with zero attached hydrogens (tertiary/aromatic N) is 1. The molecule has 2 nitrogen and oxygen atoms in total. The van der Waals surface area contributed by atoms with Crippen molar-refractivity contribution in [2.24, 2.45) is 5.92 Å². The largest absolute Gasteiger partial charge is 0.337 e. The van der Waals surface area contributed by atoms with E-state index in [0.29, 0.717) is 34.6 Å². The van der Waals surface area contributed by atoms with E-state index in [1.54, 1.807) is 23.1 Å². The maximum Gasteiger partial charge on any atom is 0.255 e. The molecular weight excluding hydrogens is 293 g/mol. The molecule has 1 heterocycles. The van der Waals surface area contributed by atoms with Crippen LogP contribution >= 0.6 is 34.8 Å². The molecule has 1 aromatic carbocycles. The van der Waals surface area contributed by atoms with Gasteiger partial charge in [0.05, 0.1) is 21.0 Å². The van der Waals surface area contributed by atoms with Crippen molar-refractivity contribution in [3.05, 3.63) is 33.8 Å². The van der Waals surface area contributed by atoms with Crippen LogP contribution in [-0.4, -0.2) is 29.3 Å². The van der Waals surface area contributed by atoms with Crippen molar-refractivity contribution >= 4 is 40.7 Å². The number of halogens is 3. The summed E-state index contributed by atoms with van der Waals surface area (Å²) in [7, 11) is 0. The van der Waals surface area contributed by atoms with Crippen LogP contribution in [0.1, 0.15) is 23.7 Å². The lowest BCUT2D eigenvalue weighted by molar-refractivity contribution is 0.0701. The summed E-state index contributed by atoms with van der Waals surface area (Å²) >= 11 is 18.2. The van der Waals surface area contributed by atoms with Crippen molar-refractivity contribution < 1.29 is 4.79 Å². The molecule has 0 spiro atoms. The number of hydrogen-bond acceptors (Lipinski definition) is 1. The predicted molar refractivity (Wildman–Crippen MR) is 75.8 cm³/mol. The molecule has 2 atom stereocenters. The third kappa shape index (κ3) is 2.76. The molecule has 0 bridgehead atoms. The monoisotopic (exact) mass is 305 g/mol. The van der Waals surface area contributed by atoms with E-state index in [2.05, 4.69) is 6.92 Å². The van der Waals surface area contributed by atoms with Crippen LogP contribution in [0.2, 0.25) is 10.0 Å². The van der Waals surface area contributed by atoms with Gasteiger partial charge >= 0.3 is 0 Å². The molecule has 1 saturated heterocycles. The van der Waals surface area contributed by atoms with Crippen LogP contribution in [0, 0.1) is 5.92 Å². The zero-order valence-electron chi connectivity index (χ0n) is 10.00. The molecule has 0 radical (unpaired) electrons. The maximum atomic E-state index is 12.3. The van der Waals surface area contributed by atoms with E-state index < -0.39 is 0 Å². The van der Waals surface area contributed by atoms with Crippen LogP contribution < -0.4 is 0 Å². The fourth-order valence-corrected chi connectivity index (χ4v) is 2.72. The van der Waals surface area contributed by atoms with Crippen molar-refractivity contribution in [2.45, 2.75) is 18.7 Å². The highest BCUT2D eigenvalue weighted by Crippen LogP contribution is 2.28. The quantitative estimate of drug-likeness (QED) is 0.716. The Labute approximate surface area is 122 Å². The van der Waals surface area contributed by atoms with E-state index in [1.807, 2.05) is 0 Å². The van der Waals surface area contributed by atoms with Gasteiger partial charge in [0.2, 0.25) is 0 Å². The van der Waals surface area contributed by atoms with E-state index in [9.17, 15) is 4.79 Å². The SMILES string of the molecule is CC1CCN(C(=O)c2cccc(Cl)c2Cl)CC1Cl. The number of carbonyl (C=O) groups is 1. The summed E-state index contributed by atoms with van der Waals surface area (Å²) in [6.45, 7) is 3.38. The van der Waals surface area contributed by atoms with Gasteiger partial charge in [-0.15, -0.1) is 11.6 Å². The highest BCUT2D eigenvalue weighted by atomic mass is 35.5. The molecule has 2 rings (SSSR count). The summed E-state index contributed by atoms with van der Waals surface area (Å²) in [5, 5.41) is 0.713. The fourth-order valence-electron chi connectivity index (χ4n) is 2.05. The fraction of sp³-hybridized carbons (Fsp3) is 0.462. The van der Waals surface area contributed by atoms with E-state index in [-0.39, 0.29) is 11.3 Å². The minimum absolute atomic E-state index is 0.000611. The van der Waals surface area contributed by atoms with Crippen molar-refractivity contribution in [3.63, 3.8) is 0 Å². The van der Waals surface area contributed by atoms with E-state index in [1.165, 1.54) is 0 Å². The molecule has 98 valence electrons. The van der Waals surface area contributed by atoms with Crippen molar-refractivity contribution in [1.82, 2.24) is 4.90 Å². The molecule has 1 aliphatic rings. The minimum atomic E-state index is -0.0972. The number of alkyl halides is 1. The summed E-state index contributed by atoms with van der Waals surface area (Å²) < 4.78 is 0. The van der Waals surface area contributed by atoms with Crippen LogP contribution in [-0.2, 0) is 0 Å². The van der Waals surface area contributed by atoms with Gasteiger partial charge < -0.3 is 4.90 Å². The summed E-state index contributed by atoms with van der Waals surface area (Å²) in [5.74, 6) is 0.339. The van der Waals surface area contributed by atoms with Crippen LogP contribution in [0.25, 0.3) is 0 Å². The zero-order chi connectivity index (χ0) is 13.3.